The first kappa shape index (κ1) is 15.2. The molecule has 3 aromatic rings. The van der Waals surface area contributed by atoms with Gasteiger partial charge in [-0.2, -0.15) is 4.98 Å². The lowest BCUT2D eigenvalue weighted by Crippen LogP contribution is -2.19. The zero-order valence-electron chi connectivity index (χ0n) is 12.8. The molecule has 0 spiro atoms. The molecule has 1 amide bonds. The van der Waals surface area contributed by atoms with E-state index in [9.17, 15) is 4.79 Å². The van der Waals surface area contributed by atoms with E-state index >= 15 is 0 Å². The lowest BCUT2D eigenvalue weighted by atomic mass is 10.1. The quantitative estimate of drug-likeness (QED) is 0.752. The van der Waals surface area contributed by atoms with Crippen LogP contribution in [-0.2, 0) is 6.54 Å². The van der Waals surface area contributed by atoms with Crippen LogP contribution in [0.5, 0.6) is 0 Å². The largest absolute Gasteiger partial charge is 0.376 e. The van der Waals surface area contributed by atoms with Crippen LogP contribution in [0.2, 0.25) is 0 Å². The lowest BCUT2D eigenvalue weighted by Gasteiger charge is -2.11. The number of hydrogen-bond acceptors (Lipinski definition) is 6. The zero-order chi connectivity index (χ0) is 16.2. The molecular formula is C16H16N4O2S. The van der Waals surface area contributed by atoms with E-state index in [-0.39, 0.29) is 5.91 Å². The van der Waals surface area contributed by atoms with Gasteiger partial charge in [-0.1, -0.05) is 17.3 Å². The molecule has 2 N–H and O–H groups in total. The Bertz CT molecular complexity index is 811. The molecular weight excluding hydrogens is 312 g/mol. The van der Waals surface area contributed by atoms with Gasteiger partial charge in [-0.25, -0.2) is 0 Å². The van der Waals surface area contributed by atoms with Gasteiger partial charge in [0.25, 0.3) is 5.91 Å². The molecule has 0 aliphatic carbocycles. The molecule has 7 heteroatoms. The third-order valence-corrected chi connectivity index (χ3v) is 4.31. The number of hydrogen-bond donors (Lipinski definition) is 2. The molecule has 2 aromatic heterocycles. The van der Waals surface area contributed by atoms with Crippen molar-refractivity contribution < 1.29 is 9.32 Å². The van der Waals surface area contributed by atoms with Crippen molar-refractivity contribution in [3.05, 3.63) is 52.7 Å². The fraction of sp³-hybridized carbons (Fsp3) is 0.188. The number of nitrogens with zero attached hydrogens (tertiary/aromatic N) is 2. The average Bonchev–Trinajstić information content (AvgIpc) is 3.24. The molecule has 2 heterocycles. The number of amides is 1. The van der Waals surface area contributed by atoms with Crippen LogP contribution in [0.15, 0.2) is 40.2 Å². The van der Waals surface area contributed by atoms with Gasteiger partial charge in [-0.3, -0.25) is 4.79 Å². The Kier molecular flexibility index (Phi) is 4.38. The summed E-state index contributed by atoms with van der Waals surface area (Å²) in [4.78, 5) is 17.1. The van der Waals surface area contributed by atoms with Crippen LogP contribution in [0.3, 0.4) is 0 Å². The van der Waals surface area contributed by atoms with Crippen molar-refractivity contribution in [2.75, 3.05) is 12.4 Å². The zero-order valence-corrected chi connectivity index (χ0v) is 13.6. The van der Waals surface area contributed by atoms with Crippen LogP contribution in [0.4, 0.5) is 5.69 Å². The standard InChI is InChI=1S/C16H16N4O2S/c1-10-11(16(21)17-2)5-3-6-12(10)18-9-14-19-15(20-22-14)13-7-4-8-23-13/h3-8,18H,9H2,1-2H3,(H,17,21). The van der Waals surface area contributed by atoms with Crippen LogP contribution in [0.1, 0.15) is 21.8 Å². The minimum Gasteiger partial charge on any atom is -0.376 e. The van der Waals surface area contributed by atoms with Gasteiger partial charge in [-0.05, 0) is 36.1 Å². The smallest absolute Gasteiger partial charge is 0.251 e. The van der Waals surface area contributed by atoms with Gasteiger partial charge < -0.3 is 15.2 Å². The first-order chi connectivity index (χ1) is 11.2. The predicted molar refractivity (Wildman–Crippen MR) is 89.5 cm³/mol. The number of benzene rings is 1. The molecule has 0 fully saturated rings. The monoisotopic (exact) mass is 328 g/mol. The Morgan fingerprint density at radius 2 is 2.17 bits per heavy atom. The molecule has 0 atom stereocenters. The molecule has 3 rings (SSSR count). The molecule has 0 unspecified atom stereocenters. The number of carbonyl (C=O) groups is 1. The SMILES string of the molecule is CNC(=O)c1cccc(NCc2nc(-c3cccs3)no2)c1C. The first-order valence-electron chi connectivity index (χ1n) is 7.11. The molecule has 0 saturated heterocycles. The third-order valence-electron chi connectivity index (χ3n) is 3.45. The van der Waals surface area contributed by atoms with Gasteiger partial charge in [-0.15, -0.1) is 11.3 Å². The highest BCUT2D eigenvalue weighted by atomic mass is 32.1. The van der Waals surface area contributed by atoms with E-state index in [0.717, 1.165) is 16.1 Å². The minimum absolute atomic E-state index is 0.107. The molecule has 23 heavy (non-hydrogen) atoms. The number of thiophene rings is 1. The van der Waals surface area contributed by atoms with Gasteiger partial charge in [0.1, 0.15) is 0 Å². The second-order valence-electron chi connectivity index (χ2n) is 4.90. The van der Waals surface area contributed by atoms with Crippen molar-refractivity contribution in [2.45, 2.75) is 13.5 Å². The fourth-order valence-electron chi connectivity index (χ4n) is 2.21. The van der Waals surface area contributed by atoms with Crippen LogP contribution in [0.25, 0.3) is 10.7 Å². The summed E-state index contributed by atoms with van der Waals surface area (Å²) in [7, 11) is 1.62. The maximum absolute atomic E-state index is 11.8. The average molecular weight is 328 g/mol. The molecule has 118 valence electrons. The number of anilines is 1. The number of carbonyl (C=O) groups excluding carboxylic acids is 1. The molecule has 1 aromatic carbocycles. The normalized spacial score (nSPS) is 10.5. The topological polar surface area (TPSA) is 80.0 Å². The van der Waals surface area contributed by atoms with Gasteiger partial charge in [0.15, 0.2) is 0 Å². The number of nitrogens with one attached hydrogen (secondary N) is 2. The van der Waals surface area contributed by atoms with Crippen LogP contribution < -0.4 is 10.6 Å². The Morgan fingerprint density at radius 3 is 2.91 bits per heavy atom. The van der Waals surface area contributed by atoms with E-state index in [1.807, 2.05) is 36.6 Å². The Labute approximate surface area is 137 Å². The summed E-state index contributed by atoms with van der Waals surface area (Å²) >= 11 is 1.56. The Balaban J connectivity index is 1.73. The van der Waals surface area contributed by atoms with Crippen LogP contribution >= 0.6 is 11.3 Å². The van der Waals surface area contributed by atoms with Gasteiger partial charge in [0, 0.05) is 18.3 Å². The molecule has 0 aliphatic heterocycles. The van der Waals surface area contributed by atoms with E-state index < -0.39 is 0 Å². The highest BCUT2D eigenvalue weighted by Crippen LogP contribution is 2.22. The Hall–Kier alpha value is -2.67. The first-order valence-corrected chi connectivity index (χ1v) is 7.99. The second kappa shape index (κ2) is 6.62. The van der Waals surface area contributed by atoms with Gasteiger partial charge in [0.05, 0.1) is 11.4 Å². The summed E-state index contributed by atoms with van der Waals surface area (Å²) < 4.78 is 5.25. The Morgan fingerprint density at radius 1 is 1.30 bits per heavy atom. The summed E-state index contributed by atoms with van der Waals surface area (Å²) in [5.74, 6) is 0.981. The highest BCUT2D eigenvalue weighted by Gasteiger charge is 2.12. The maximum Gasteiger partial charge on any atom is 0.251 e. The van der Waals surface area contributed by atoms with E-state index in [1.165, 1.54) is 0 Å². The predicted octanol–water partition coefficient (Wildman–Crippen LogP) is 3.08. The van der Waals surface area contributed by atoms with Crippen molar-refractivity contribution in [1.29, 1.82) is 0 Å². The van der Waals surface area contributed by atoms with Crippen LogP contribution in [0, 0.1) is 6.92 Å². The second-order valence-corrected chi connectivity index (χ2v) is 5.85. The van der Waals surface area contributed by atoms with Gasteiger partial charge >= 0.3 is 0 Å². The summed E-state index contributed by atoms with van der Waals surface area (Å²) in [5, 5.41) is 11.8. The molecule has 0 radical (unpaired) electrons. The maximum atomic E-state index is 11.8. The molecule has 0 aliphatic rings. The van der Waals surface area contributed by atoms with Crippen molar-refractivity contribution in [2.24, 2.45) is 0 Å². The van der Waals surface area contributed by atoms with Crippen molar-refractivity contribution >= 4 is 22.9 Å². The lowest BCUT2D eigenvalue weighted by molar-refractivity contribution is 0.0962. The molecule has 0 saturated carbocycles. The summed E-state index contributed by atoms with van der Waals surface area (Å²) in [6.07, 6.45) is 0. The number of aromatic nitrogens is 2. The third kappa shape index (κ3) is 3.24. The van der Waals surface area contributed by atoms with E-state index in [1.54, 1.807) is 24.5 Å². The van der Waals surface area contributed by atoms with E-state index in [4.69, 9.17) is 4.52 Å². The summed E-state index contributed by atoms with van der Waals surface area (Å²) in [6.45, 7) is 2.30. The van der Waals surface area contributed by atoms with Gasteiger partial charge in [0.2, 0.25) is 11.7 Å². The summed E-state index contributed by atoms with van der Waals surface area (Å²) in [5.41, 5.74) is 2.38. The molecule has 6 nitrogen and oxygen atoms in total. The van der Waals surface area contributed by atoms with Crippen molar-refractivity contribution in [3.8, 4) is 10.7 Å². The highest BCUT2D eigenvalue weighted by molar-refractivity contribution is 7.13. The van der Waals surface area contributed by atoms with E-state index in [0.29, 0.717) is 23.8 Å². The molecule has 0 bridgehead atoms. The number of rotatable bonds is 5. The fourth-order valence-corrected chi connectivity index (χ4v) is 2.86. The van der Waals surface area contributed by atoms with Crippen molar-refractivity contribution in [3.63, 3.8) is 0 Å². The van der Waals surface area contributed by atoms with E-state index in [2.05, 4.69) is 20.8 Å². The van der Waals surface area contributed by atoms with Crippen LogP contribution in [-0.4, -0.2) is 23.1 Å². The van der Waals surface area contributed by atoms with Crippen molar-refractivity contribution in [1.82, 2.24) is 15.5 Å². The summed E-state index contributed by atoms with van der Waals surface area (Å²) in [6, 6.07) is 9.44. The minimum atomic E-state index is -0.107.